The Bertz CT molecular complexity index is 1990. The fourth-order valence-electron chi connectivity index (χ4n) is 5.60. The minimum absolute atomic E-state index is 0.965. The summed E-state index contributed by atoms with van der Waals surface area (Å²) in [4.78, 5) is 0. The molecule has 2 aliphatic rings. The van der Waals surface area contributed by atoms with Crippen LogP contribution < -0.4 is 16.0 Å². The van der Waals surface area contributed by atoms with E-state index >= 15 is 0 Å². The van der Waals surface area contributed by atoms with E-state index in [4.69, 9.17) is 4.42 Å². The van der Waals surface area contributed by atoms with Crippen molar-refractivity contribution in [2.24, 2.45) is 0 Å². The van der Waals surface area contributed by atoms with Crippen LogP contribution in [0.25, 0.3) is 54.9 Å². The molecule has 8 rings (SSSR count). The minimum atomic E-state index is 0.965. The summed E-state index contributed by atoms with van der Waals surface area (Å²) in [6.07, 6.45) is 8.83. The summed E-state index contributed by atoms with van der Waals surface area (Å²) in [5.74, 6) is 0. The highest BCUT2D eigenvalue weighted by Gasteiger charge is 2.17. The lowest BCUT2D eigenvalue weighted by Crippen LogP contribution is -2.26. The lowest BCUT2D eigenvalue weighted by molar-refractivity contribution is 0.568. The van der Waals surface area contributed by atoms with Gasteiger partial charge in [0.25, 0.3) is 0 Å². The SMILES string of the molecule is C1=Cc2cc3sc4ccccc4c3cc2Nc2ccc(C3=c4oc5ccccc5c4=CCC3)cc21. The molecule has 3 heterocycles. The van der Waals surface area contributed by atoms with Crippen molar-refractivity contribution < 1.29 is 4.42 Å². The van der Waals surface area contributed by atoms with Crippen LogP contribution in [-0.2, 0) is 0 Å². The van der Waals surface area contributed by atoms with Gasteiger partial charge in [-0.05, 0) is 65.9 Å². The summed E-state index contributed by atoms with van der Waals surface area (Å²) in [6.45, 7) is 0. The Morgan fingerprint density at radius 2 is 1.54 bits per heavy atom. The molecular weight excluding hydrogens is 446 g/mol. The van der Waals surface area contributed by atoms with Crippen LogP contribution in [0, 0.1) is 0 Å². The molecule has 1 N–H and O–H groups in total. The van der Waals surface area contributed by atoms with E-state index < -0.39 is 0 Å². The molecule has 166 valence electrons. The molecular formula is C32H21NOS. The summed E-state index contributed by atoms with van der Waals surface area (Å²) < 4.78 is 9.01. The lowest BCUT2D eigenvalue weighted by Gasteiger charge is -2.13. The maximum absolute atomic E-state index is 6.35. The number of para-hydroxylation sites is 1. The third-order valence-electron chi connectivity index (χ3n) is 7.31. The van der Waals surface area contributed by atoms with Gasteiger partial charge in [-0.15, -0.1) is 11.3 Å². The second-order valence-corrected chi connectivity index (χ2v) is 10.4. The van der Waals surface area contributed by atoms with Crippen LogP contribution in [0.4, 0.5) is 11.4 Å². The molecule has 35 heavy (non-hydrogen) atoms. The van der Waals surface area contributed by atoms with Gasteiger partial charge >= 0.3 is 0 Å². The highest BCUT2D eigenvalue weighted by atomic mass is 32.1. The molecule has 6 aromatic rings. The monoisotopic (exact) mass is 467 g/mol. The van der Waals surface area contributed by atoms with Crippen LogP contribution in [0.5, 0.6) is 0 Å². The van der Waals surface area contributed by atoms with E-state index in [0.717, 1.165) is 35.2 Å². The second kappa shape index (κ2) is 7.21. The normalized spacial score (nSPS) is 14.3. The van der Waals surface area contributed by atoms with Gasteiger partial charge < -0.3 is 9.73 Å². The molecule has 0 spiro atoms. The van der Waals surface area contributed by atoms with Gasteiger partial charge in [-0.1, -0.05) is 60.7 Å². The highest BCUT2D eigenvalue weighted by Crippen LogP contribution is 2.40. The zero-order valence-electron chi connectivity index (χ0n) is 19.0. The summed E-state index contributed by atoms with van der Waals surface area (Å²) in [6, 6.07) is 28.4. The van der Waals surface area contributed by atoms with Crippen LogP contribution in [0.15, 0.2) is 83.3 Å². The zero-order valence-corrected chi connectivity index (χ0v) is 19.8. The van der Waals surface area contributed by atoms with Crippen molar-refractivity contribution in [1.29, 1.82) is 0 Å². The first-order valence-corrected chi connectivity index (χ1v) is 12.9. The molecule has 0 saturated carbocycles. The van der Waals surface area contributed by atoms with E-state index in [1.54, 1.807) is 0 Å². The summed E-state index contributed by atoms with van der Waals surface area (Å²) in [5.41, 5.74) is 9.24. The van der Waals surface area contributed by atoms with Gasteiger partial charge in [0.05, 0.1) is 0 Å². The molecule has 0 saturated heterocycles. The standard InChI is InChI=1S/C32H21NOS/c1-3-10-29-23(6-1)25-9-5-8-22(32(25)34-29)19-14-15-27-20(16-19)12-13-21-17-31-26(18-28(21)33-27)24-7-2-4-11-30(24)35-31/h1-4,6-7,9-18,33H,5,8H2. The third-order valence-corrected chi connectivity index (χ3v) is 8.45. The van der Waals surface area contributed by atoms with Crippen LogP contribution in [0.1, 0.15) is 29.5 Å². The summed E-state index contributed by atoms with van der Waals surface area (Å²) in [7, 11) is 0. The van der Waals surface area contributed by atoms with Gasteiger partial charge in [-0.2, -0.15) is 0 Å². The van der Waals surface area contributed by atoms with Crippen molar-refractivity contribution in [2.45, 2.75) is 12.8 Å². The number of furan rings is 1. The first kappa shape index (κ1) is 19.2. The van der Waals surface area contributed by atoms with Gasteiger partial charge in [0, 0.05) is 47.7 Å². The minimum Gasteiger partial charge on any atom is -0.456 e. The molecule has 0 fully saturated rings. The summed E-state index contributed by atoms with van der Waals surface area (Å²) >= 11 is 1.86. The molecule has 0 amide bonds. The van der Waals surface area contributed by atoms with Gasteiger partial charge in [0.15, 0.2) is 0 Å². The number of fused-ring (bicyclic) bond motifs is 8. The zero-order chi connectivity index (χ0) is 22.9. The molecule has 1 aliphatic heterocycles. The predicted octanol–water partition coefficient (Wildman–Crippen LogP) is 7.80. The number of nitrogens with one attached hydrogen (secondary N) is 1. The van der Waals surface area contributed by atoms with Crippen molar-refractivity contribution in [3.63, 3.8) is 0 Å². The molecule has 2 nitrogen and oxygen atoms in total. The number of hydrogen-bond donors (Lipinski definition) is 1. The molecule has 0 bridgehead atoms. The molecule has 0 radical (unpaired) electrons. The molecule has 0 atom stereocenters. The topological polar surface area (TPSA) is 25.2 Å². The van der Waals surface area contributed by atoms with Gasteiger partial charge in [0.2, 0.25) is 0 Å². The average Bonchev–Trinajstić information content (AvgIpc) is 3.40. The Morgan fingerprint density at radius 1 is 0.714 bits per heavy atom. The van der Waals surface area contributed by atoms with E-state index in [1.165, 1.54) is 53.0 Å². The number of thiophene rings is 1. The molecule has 1 aliphatic carbocycles. The van der Waals surface area contributed by atoms with Crippen molar-refractivity contribution in [2.75, 3.05) is 5.32 Å². The molecule has 4 aromatic carbocycles. The smallest absolute Gasteiger partial charge is 0.138 e. The first-order valence-electron chi connectivity index (χ1n) is 12.1. The van der Waals surface area contributed by atoms with Crippen molar-refractivity contribution >= 4 is 77.7 Å². The Hall–Kier alpha value is -4.08. The first-order chi connectivity index (χ1) is 17.3. The molecule has 0 unspecified atom stereocenters. The van der Waals surface area contributed by atoms with Gasteiger partial charge in [-0.3, -0.25) is 0 Å². The third kappa shape index (κ3) is 2.88. The predicted molar refractivity (Wildman–Crippen MR) is 150 cm³/mol. The average molecular weight is 468 g/mol. The van der Waals surface area contributed by atoms with Crippen LogP contribution in [0.3, 0.4) is 0 Å². The quantitative estimate of drug-likeness (QED) is 0.266. The van der Waals surface area contributed by atoms with Gasteiger partial charge in [0.1, 0.15) is 11.0 Å². The lowest BCUT2D eigenvalue weighted by atomic mass is 9.94. The Balaban J connectivity index is 1.27. The van der Waals surface area contributed by atoms with Crippen molar-refractivity contribution in [1.82, 2.24) is 0 Å². The van der Waals surface area contributed by atoms with Crippen LogP contribution in [0.2, 0.25) is 0 Å². The largest absolute Gasteiger partial charge is 0.456 e. The maximum atomic E-state index is 6.35. The van der Waals surface area contributed by atoms with E-state index in [2.05, 4.69) is 96.3 Å². The number of anilines is 2. The second-order valence-electron chi connectivity index (χ2n) is 9.36. The molecule has 3 heteroatoms. The fraction of sp³-hybridized carbons (Fsp3) is 0.0625. The molecule has 2 aromatic heterocycles. The van der Waals surface area contributed by atoms with Crippen LogP contribution in [-0.4, -0.2) is 0 Å². The highest BCUT2D eigenvalue weighted by molar-refractivity contribution is 7.25. The van der Waals surface area contributed by atoms with E-state index in [1.807, 2.05) is 17.4 Å². The van der Waals surface area contributed by atoms with Crippen molar-refractivity contribution in [3.8, 4) is 0 Å². The van der Waals surface area contributed by atoms with E-state index in [0.29, 0.717) is 0 Å². The summed E-state index contributed by atoms with van der Waals surface area (Å²) in [5, 5.41) is 8.82. The van der Waals surface area contributed by atoms with E-state index in [9.17, 15) is 0 Å². The number of rotatable bonds is 1. The number of benzene rings is 4. The van der Waals surface area contributed by atoms with Crippen LogP contribution >= 0.6 is 11.3 Å². The Morgan fingerprint density at radius 3 is 2.49 bits per heavy atom. The maximum Gasteiger partial charge on any atom is 0.138 e. The van der Waals surface area contributed by atoms with Crippen molar-refractivity contribution in [3.05, 3.63) is 106 Å². The fourth-order valence-corrected chi connectivity index (χ4v) is 6.74. The number of hydrogen-bond acceptors (Lipinski definition) is 3. The Kier molecular flexibility index (Phi) is 3.96. The Labute approximate surface area is 206 Å². The van der Waals surface area contributed by atoms with Gasteiger partial charge in [-0.25, -0.2) is 0 Å². The van der Waals surface area contributed by atoms with E-state index in [-0.39, 0.29) is 0 Å².